The van der Waals surface area contributed by atoms with Gasteiger partial charge in [0.2, 0.25) is 0 Å². The van der Waals surface area contributed by atoms with Crippen molar-refractivity contribution in [2.75, 3.05) is 0 Å². The van der Waals surface area contributed by atoms with Gasteiger partial charge in [0, 0.05) is 20.9 Å². The summed E-state index contributed by atoms with van der Waals surface area (Å²) in [6, 6.07) is 0. The molecule has 0 amide bonds. The quantitative estimate of drug-likeness (QED) is 0.605. The van der Waals surface area contributed by atoms with Crippen LogP contribution in [0.2, 0.25) is 0 Å². The lowest BCUT2D eigenvalue weighted by Crippen LogP contribution is -2.39. The molecule has 0 nitrogen and oxygen atoms in total. The van der Waals surface area contributed by atoms with Crippen LogP contribution in [0.5, 0.6) is 0 Å². The minimum atomic E-state index is 0.462. The summed E-state index contributed by atoms with van der Waals surface area (Å²) in [5.74, 6) is 0. The summed E-state index contributed by atoms with van der Waals surface area (Å²) in [7, 11) is 0. The van der Waals surface area contributed by atoms with Crippen molar-refractivity contribution < 1.29 is 0 Å². The second-order valence-electron chi connectivity index (χ2n) is 6.96. The van der Waals surface area contributed by atoms with Crippen LogP contribution in [-0.2, 0) is 0 Å². The number of allylic oxidation sites excluding steroid dienone is 4. The van der Waals surface area contributed by atoms with Crippen molar-refractivity contribution in [3.8, 4) is 0 Å². The van der Waals surface area contributed by atoms with Crippen LogP contribution in [0.1, 0.15) is 64.2 Å². The summed E-state index contributed by atoms with van der Waals surface area (Å²) in [6.45, 7) is 0. The molecular formula is C16H20Cl2. The van der Waals surface area contributed by atoms with Crippen LogP contribution in [0.15, 0.2) is 21.2 Å². The zero-order valence-electron chi connectivity index (χ0n) is 10.8. The van der Waals surface area contributed by atoms with Gasteiger partial charge in [0.15, 0.2) is 0 Å². The van der Waals surface area contributed by atoms with E-state index >= 15 is 0 Å². The molecule has 2 spiro atoms. The number of hydrogen-bond donors (Lipinski definition) is 0. The highest BCUT2D eigenvalue weighted by Gasteiger charge is 2.50. The Balaban J connectivity index is 1.38. The molecule has 0 bridgehead atoms. The number of hydrogen-bond acceptors (Lipinski definition) is 0. The zero-order valence-corrected chi connectivity index (χ0v) is 12.3. The van der Waals surface area contributed by atoms with Crippen LogP contribution in [-0.4, -0.2) is 0 Å². The Labute approximate surface area is 119 Å². The Bertz CT molecular complexity index is 417. The normalized spacial score (nSPS) is 31.0. The van der Waals surface area contributed by atoms with Crippen molar-refractivity contribution in [1.82, 2.24) is 0 Å². The number of halogens is 2. The predicted molar refractivity (Wildman–Crippen MR) is 76.8 cm³/mol. The van der Waals surface area contributed by atoms with E-state index in [0.717, 1.165) is 0 Å². The fourth-order valence-corrected chi connectivity index (χ4v) is 5.20. The molecule has 0 atom stereocenters. The average molecular weight is 283 g/mol. The van der Waals surface area contributed by atoms with E-state index in [2.05, 4.69) is 0 Å². The van der Waals surface area contributed by atoms with Crippen LogP contribution < -0.4 is 0 Å². The Morgan fingerprint density at radius 3 is 1.33 bits per heavy atom. The standard InChI is InChI=1S/C16H20Cl2/c17-13-11(9-15(13)5-1-6-15)3-4-12-10-16(14(12)18)7-2-8-16/h1-10H2. The van der Waals surface area contributed by atoms with E-state index in [9.17, 15) is 0 Å². The Kier molecular flexibility index (Phi) is 2.50. The molecule has 4 aliphatic rings. The maximum Gasteiger partial charge on any atom is 0.0238 e. The van der Waals surface area contributed by atoms with Crippen molar-refractivity contribution in [2.45, 2.75) is 64.2 Å². The van der Waals surface area contributed by atoms with Gasteiger partial charge in [-0.15, -0.1) is 0 Å². The molecule has 0 heterocycles. The average Bonchev–Trinajstić information content (AvgIpc) is 2.24. The van der Waals surface area contributed by atoms with Crippen LogP contribution in [0, 0.1) is 10.8 Å². The summed E-state index contributed by atoms with van der Waals surface area (Å²) in [6.07, 6.45) is 13.0. The highest BCUT2D eigenvalue weighted by molar-refractivity contribution is 6.32. The molecule has 0 saturated heterocycles. The third kappa shape index (κ3) is 1.40. The summed E-state index contributed by atoms with van der Waals surface area (Å²) in [5.41, 5.74) is 3.99. The maximum atomic E-state index is 6.48. The van der Waals surface area contributed by atoms with E-state index in [4.69, 9.17) is 23.2 Å². The largest absolute Gasteiger partial charge is 0.0886 e. The molecule has 4 rings (SSSR count). The summed E-state index contributed by atoms with van der Waals surface area (Å²) in [5, 5.41) is 2.45. The van der Waals surface area contributed by atoms with Gasteiger partial charge in [0.25, 0.3) is 0 Å². The van der Waals surface area contributed by atoms with Gasteiger partial charge in [-0.1, -0.05) is 47.2 Å². The molecule has 0 radical (unpaired) electrons. The minimum Gasteiger partial charge on any atom is -0.0886 e. The molecule has 2 heteroatoms. The molecule has 0 aromatic carbocycles. The van der Waals surface area contributed by atoms with E-state index in [1.807, 2.05) is 0 Å². The van der Waals surface area contributed by atoms with Crippen molar-refractivity contribution in [3.63, 3.8) is 0 Å². The topological polar surface area (TPSA) is 0 Å². The Hall–Kier alpha value is 0.0600. The third-order valence-corrected chi connectivity index (χ3v) is 7.34. The first-order chi connectivity index (χ1) is 8.65. The van der Waals surface area contributed by atoms with E-state index in [1.54, 1.807) is 0 Å². The molecule has 4 aliphatic carbocycles. The highest BCUT2D eigenvalue weighted by Crippen LogP contribution is 2.64. The number of rotatable bonds is 3. The second-order valence-corrected chi connectivity index (χ2v) is 7.71. The predicted octanol–water partition coefficient (Wildman–Crippen LogP) is 5.90. The second kappa shape index (κ2) is 3.79. The van der Waals surface area contributed by atoms with Crippen molar-refractivity contribution >= 4 is 23.2 Å². The smallest absolute Gasteiger partial charge is 0.0238 e. The molecule has 0 aromatic rings. The van der Waals surface area contributed by atoms with E-state index in [1.165, 1.54) is 85.4 Å². The van der Waals surface area contributed by atoms with E-state index in [0.29, 0.717) is 10.8 Å². The summed E-state index contributed by atoms with van der Waals surface area (Å²) in [4.78, 5) is 0. The van der Waals surface area contributed by atoms with Gasteiger partial charge in [0.05, 0.1) is 0 Å². The van der Waals surface area contributed by atoms with Gasteiger partial charge in [-0.3, -0.25) is 0 Å². The molecule has 0 unspecified atom stereocenters. The maximum absolute atomic E-state index is 6.48. The molecule has 0 N–H and O–H groups in total. The van der Waals surface area contributed by atoms with Gasteiger partial charge in [-0.05, 0) is 51.4 Å². The summed E-state index contributed by atoms with van der Waals surface area (Å²) >= 11 is 13.0. The lowest BCUT2D eigenvalue weighted by Gasteiger charge is -2.52. The van der Waals surface area contributed by atoms with Gasteiger partial charge in [-0.25, -0.2) is 0 Å². The van der Waals surface area contributed by atoms with Crippen molar-refractivity contribution in [1.29, 1.82) is 0 Å². The molecule has 18 heavy (non-hydrogen) atoms. The monoisotopic (exact) mass is 282 g/mol. The van der Waals surface area contributed by atoms with Crippen molar-refractivity contribution in [3.05, 3.63) is 21.2 Å². The fourth-order valence-electron chi connectivity index (χ4n) is 4.36. The van der Waals surface area contributed by atoms with Crippen LogP contribution in [0.4, 0.5) is 0 Å². The molecule has 2 fully saturated rings. The molecule has 0 aliphatic heterocycles. The summed E-state index contributed by atoms with van der Waals surface area (Å²) < 4.78 is 0. The first-order valence-corrected chi connectivity index (χ1v) is 8.17. The first-order valence-electron chi connectivity index (χ1n) is 7.41. The molecule has 2 saturated carbocycles. The lowest BCUT2D eigenvalue weighted by molar-refractivity contribution is 0.155. The van der Waals surface area contributed by atoms with Gasteiger partial charge in [0.1, 0.15) is 0 Å². The van der Waals surface area contributed by atoms with Gasteiger partial charge in [-0.2, -0.15) is 0 Å². The molecule has 98 valence electrons. The lowest BCUT2D eigenvalue weighted by atomic mass is 9.55. The molecular weight excluding hydrogens is 263 g/mol. The van der Waals surface area contributed by atoms with Gasteiger partial charge >= 0.3 is 0 Å². The fraction of sp³-hybridized carbons (Fsp3) is 0.750. The highest BCUT2D eigenvalue weighted by atomic mass is 35.5. The van der Waals surface area contributed by atoms with Crippen molar-refractivity contribution in [2.24, 2.45) is 10.8 Å². The zero-order chi connectivity index (χ0) is 12.4. The Morgan fingerprint density at radius 2 is 1.11 bits per heavy atom. The van der Waals surface area contributed by atoms with E-state index in [-0.39, 0.29) is 0 Å². The van der Waals surface area contributed by atoms with Crippen LogP contribution >= 0.6 is 23.2 Å². The first kappa shape index (κ1) is 11.9. The molecule has 0 aromatic heterocycles. The van der Waals surface area contributed by atoms with Gasteiger partial charge < -0.3 is 0 Å². The minimum absolute atomic E-state index is 0.462. The third-order valence-electron chi connectivity index (χ3n) is 6.01. The van der Waals surface area contributed by atoms with Crippen LogP contribution in [0.25, 0.3) is 0 Å². The SMILES string of the molecule is ClC1=C(CCC2=C(Cl)C3(CCC3)C2)CC12CCC2. The van der Waals surface area contributed by atoms with Crippen LogP contribution in [0.3, 0.4) is 0 Å². The Morgan fingerprint density at radius 1 is 0.722 bits per heavy atom. The van der Waals surface area contributed by atoms with E-state index < -0.39 is 0 Å².